The molecule has 0 aromatic carbocycles. The molecular formula is C13H23F3N2O6. The molecule has 0 radical (unpaired) electrons. The average molecular weight is 360 g/mol. The largest absolute Gasteiger partial charge is 0.490 e. The van der Waals surface area contributed by atoms with Gasteiger partial charge in [-0.25, -0.2) is 9.59 Å². The Kier molecular flexibility index (Phi) is 9.39. The number of carbonyl (C=O) groups is 3. The lowest BCUT2D eigenvalue weighted by Crippen LogP contribution is -2.55. The molecule has 0 aromatic heterocycles. The summed E-state index contributed by atoms with van der Waals surface area (Å²) in [5.41, 5.74) is 4.88. The van der Waals surface area contributed by atoms with Gasteiger partial charge in [0.2, 0.25) is 0 Å². The minimum Gasteiger partial charge on any atom is -0.480 e. The predicted octanol–water partition coefficient (Wildman–Crippen LogP) is 1.58. The second-order valence-corrected chi connectivity index (χ2v) is 6.08. The van der Waals surface area contributed by atoms with Crippen LogP contribution in [-0.2, 0) is 14.3 Å². The molecule has 0 unspecified atom stereocenters. The summed E-state index contributed by atoms with van der Waals surface area (Å²) < 4.78 is 36.8. The Bertz CT molecular complexity index is 446. The summed E-state index contributed by atoms with van der Waals surface area (Å²) in [6.45, 7) is 8.76. The molecule has 0 aromatic rings. The van der Waals surface area contributed by atoms with Crippen molar-refractivity contribution in [1.29, 1.82) is 0 Å². The van der Waals surface area contributed by atoms with Crippen LogP contribution in [0.4, 0.5) is 18.0 Å². The van der Waals surface area contributed by atoms with E-state index in [1.807, 2.05) is 0 Å². The second-order valence-electron chi connectivity index (χ2n) is 6.08. The van der Waals surface area contributed by atoms with E-state index in [9.17, 15) is 22.8 Å². The Morgan fingerprint density at radius 1 is 1.08 bits per heavy atom. The number of ether oxygens (including phenoxy) is 1. The van der Waals surface area contributed by atoms with Crippen molar-refractivity contribution in [3.8, 4) is 0 Å². The van der Waals surface area contributed by atoms with Gasteiger partial charge in [0.1, 0.15) is 11.6 Å². The number of nitrogens with one attached hydrogen (secondary N) is 1. The molecule has 0 rings (SSSR count). The molecule has 0 saturated carbocycles. The highest BCUT2D eigenvalue weighted by molar-refractivity contribution is 5.76. The summed E-state index contributed by atoms with van der Waals surface area (Å²) in [5, 5.41) is 18.4. The molecule has 142 valence electrons. The Morgan fingerprint density at radius 3 is 1.67 bits per heavy atom. The molecule has 0 aliphatic heterocycles. The van der Waals surface area contributed by atoms with Gasteiger partial charge < -0.3 is 26.0 Å². The SMILES string of the molecule is CC(C)[C@@H](NC(=O)OC(C)(C)C)[C@H](N)C(=O)O.O=C(O)C(F)(F)F. The molecule has 1 amide bonds. The molecule has 0 spiro atoms. The summed E-state index contributed by atoms with van der Waals surface area (Å²) in [7, 11) is 0. The van der Waals surface area contributed by atoms with E-state index in [1.165, 1.54) is 0 Å². The zero-order chi connectivity index (χ0) is 19.9. The van der Waals surface area contributed by atoms with Crippen LogP contribution in [0.2, 0.25) is 0 Å². The van der Waals surface area contributed by atoms with Crippen LogP contribution in [-0.4, -0.2) is 52.1 Å². The zero-order valence-corrected chi connectivity index (χ0v) is 14.0. The van der Waals surface area contributed by atoms with Crippen molar-refractivity contribution in [2.45, 2.75) is 58.5 Å². The van der Waals surface area contributed by atoms with E-state index in [2.05, 4.69) is 5.32 Å². The van der Waals surface area contributed by atoms with E-state index in [0.717, 1.165) is 0 Å². The van der Waals surface area contributed by atoms with Gasteiger partial charge in [-0.3, -0.25) is 4.79 Å². The van der Waals surface area contributed by atoms with Gasteiger partial charge >= 0.3 is 24.2 Å². The zero-order valence-electron chi connectivity index (χ0n) is 14.0. The maximum Gasteiger partial charge on any atom is 0.490 e. The third-order valence-corrected chi connectivity index (χ3v) is 2.32. The van der Waals surface area contributed by atoms with Gasteiger partial charge in [0.15, 0.2) is 0 Å². The summed E-state index contributed by atoms with van der Waals surface area (Å²) in [6, 6.07) is -1.81. The molecule has 5 N–H and O–H groups in total. The van der Waals surface area contributed by atoms with Crippen molar-refractivity contribution in [2.75, 3.05) is 0 Å². The minimum atomic E-state index is -5.08. The number of alkyl carbamates (subject to hydrolysis) is 1. The fourth-order valence-electron chi connectivity index (χ4n) is 1.27. The average Bonchev–Trinajstić information content (AvgIpc) is 2.31. The van der Waals surface area contributed by atoms with Gasteiger partial charge in [-0.05, 0) is 26.7 Å². The predicted molar refractivity (Wildman–Crippen MR) is 77.3 cm³/mol. The van der Waals surface area contributed by atoms with Crippen LogP contribution in [0.25, 0.3) is 0 Å². The molecular weight excluding hydrogens is 337 g/mol. The highest BCUT2D eigenvalue weighted by Crippen LogP contribution is 2.13. The van der Waals surface area contributed by atoms with Gasteiger partial charge in [0, 0.05) is 0 Å². The molecule has 0 bridgehead atoms. The molecule has 8 nitrogen and oxygen atoms in total. The lowest BCUT2D eigenvalue weighted by atomic mass is 9.97. The second kappa shape index (κ2) is 9.30. The van der Waals surface area contributed by atoms with Crippen LogP contribution in [0.5, 0.6) is 0 Å². The Balaban J connectivity index is 0. The number of carboxylic acid groups (broad SMARTS) is 2. The quantitative estimate of drug-likeness (QED) is 0.597. The molecule has 0 aliphatic carbocycles. The fourth-order valence-corrected chi connectivity index (χ4v) is 1.27. The van der Waals surface area contributed by atoms with Crippen LogP contribution in [0.3, 0.4) is 0 Å². The summed E-state index contributed by atoms with van der Waals surface area (Å²) in [4.78, 5) is 31.2. The number of hydrogen-bond acceptors (Lipinski definition) is 5. The highest BCUT2D eigenvalue weighted by atomic mass is 19.4. The number of amides is 1. The van der Waals surface area contributed by atoms with Gasteiger partial charge in [0.05, 0.1) is 6.04 Å². The van der Waals surface area contributed by atoms with Crippen molar-refractivity contribution in [3.63, 3.8) is 0 Å². The summed E-state index contributed by atoms with van der Waals surface area (Å²) >= 11 is 0. The van der Waals surface area contributed by atoms with Crippen LogP contribution < -0.4 is 11.1 Å². The smallest absolute Gasteiger partial charge is 0.480 e. The lowest BCUT2D eigenvalue weighted by Gasteiger charge is -2.27. The Labute approximate surface area is 137 Å². The first-order chi connectivity index (χ1) is 10.5. The first-order valence-electron chi connectivity index (χ1n) is 6.77. The van der Waals surface area contributed by atoms with Crippen molar-refractivity contribution in [1.82, 2.24) is 5.32 Å². The number of halogens is 3. The number of rotatable bonds is 4. The molecule has 0 heterocycles. The summed E-state index contributed by atoms with van der Waals surface area (Å²) in [5.74, 6) is -4.01. The van der Waals surface area contributed by atoms with Gasteiger partial charge in [0.25, 0.3) is 0 Å². The molecule has 2 atom stereocenters. The van der Waals surface area contributed by atoms with E-state index in [1.54, 1.807) is 34.6 Å². The van der Waals surface area contributed by atoms with Crippen LogP contribution in [0, 0.1) is 5.92 Å². The first kappa shape index (κ1) is 24.2. The number of carboxylic acids is 2. The van der Waals surface area contributed by atoms with Crippen molar-refractivity contribution in [2.24, 2.45) is 11.7 Å². The molecule has 0 fully saturated rings. The minimum absolute atomic E-state index is 0.103. The topological polar surface area (TPSA) is 139 Å². The van der Waals surface area contributed by atoms with Crippen molar-refractivity contribution >= 4 is 18.0 Å². The third kappa shape index (κ3) is 11.5. The van der Waals surface area contributed by atoms with E-state index in [-0.39, 0.29) is 5.92 Å². The van der Waals surface area contributed by atoms with E-state index in [4.69, 9.17) is 25.5 Å². The monoisotopic (exact) mass is 360 g/mol. The highest BCUT2D eigenvalue weighted by Gasteiger charge is 2.38. The van der Waals surface area contributed by atoms with E-state index in [0.29, 0.717) is 0 Å². The van der Waals surface area contributed by atoms with Crippen LogP contribution >= 0.6 is 0 Å². The number of nitrogens with two attached hydrogens (primary N) is 1. The number of alkyl halides is 3. The normalized spacial score (nSPS) is 14.1. The Hall–Kier alpha value is -2.04. The molecule has 0 aliphatic rings. The standard InChI is InChI=1S/C11H22N2O4.C2HF3O2/c1-6(2)8(7(12)9(14)15)13-10(16)17-11(3,4)5;3-2(4,5)1(6)7/h6-8H,12H2,1-5H3,(H,13,16)(H,14,15);(H,6,7)/t7-,8+;/m0./s1. The van der Waals surface area contributed by atoms with Gasteiger partial charge in [-0.2, -0.15) is 13.2 Å². The maximum atomic E-state index is 11.5. The van der Waals surface area contributed by atoms with Gasteiger partial charge in [-0.15, -0.1) is 0 Å². The van der Waals surface area contributed by atoms with Crippen molar-refractivity contribution in [3.05, 3.63) is 0 Å². The maximum absolute atomic E-state index is 11.5. The number of carbonyl (C=O) groups excluding carboxylic acids is 1. The lowest BCUT2D eigenvalue weighted by molar-refractivity contribution is -0.192. The fraction of sp³-hybridized carbons (Fsp3) is 0.769. The van der Waals surface area contributed by atoms with E-state index < -0.39 is 41.9 Å². The third-order valence-electron chi connectivity index (χ3n) is 2.32. The van der Waals surface area contributed by atoms with Crippen LogP contribution in [0.1, 0.15) is 34.6 Å². The number of hydrogen-bond donors (Lipinski definition) is 4. The van der Waals surface area contributed by atoms with E-state index >= 15 is 0 Å². The van der Waals surface area contributed by atoms with Crippen LogP contribution in [0.15, 0.2) is 0 Å². The van der Waals surface area contributed by atoms with Gasteiger partial charge in [-0.1, -0.05) is 13.8 Å². The number of aliphatic carboxylic acids is 2. The molecule has 24 heavy (non-hydrogen) atoms. The molecule has 11 heteroatoms. The van der Waals surface area contributed by atoms with Crippen molar-refractivity contribution < 1.29 is 42.5 Å². The molecule has 0 saturated heterocycles. The first-order valence-corrected chi connectivity index (χ1v) is 6.77. The Morgan fingerprint density at radius 2 is 1.46 bits per heavy atom. The summed E-state index contributed by atoms with van der Waals surface area (Å²) in [6.07, 6.45) is -5.74.